The highest BCUT2D eigenvalue weighted by Crippen LogP contribution is 2.30. The van der Waals surface area contributed by atoms with E-state index in [1.165, 1.54) is 0 Å². The molecule has 0 saturated carbocycles. The molecule has 1 heterocycles. The zero-order chi connectivity index (χ0) is 13.1. The molecule has 0 aliphatic carbocycles. The Morgan fingerprint density at radius 1 is 1.44 bits per heavy atom. The Kier molecular flexibility index (Phi) is 3.38. The zero-order valence-corrected chi connectivity index (χ0v) is 10.1. The Hall–Kier alpha value is -2.22. The molecule has 1 amide bonds. The summed E-state index contributed by atoms with van der Waals surface area (Å²) in [7, 11) is 0. The fraction of sp³-hybridized carbons (Fsp3) is 0.385. The van der Waals surface area contributed by atoms with Gasteiger partial charge in [-0.05, 0) is 37.5 Å². The van der Waals surface area contributed by atoms with Gasteiger partial charge in [0.25, 0.3) is 0 Å². The molecule has 4 N–H and O–H groups in total. The number of carbonyl (C=O) groups is 1. The van der Waals surface area contributed by atoms with Crippen molar-refractivity contribution in [1.82, 2.24) is 0 Å². The van der Waals surface area contributed by atoms with E-state index in [0.29, 0.717) is 11.3 Å². The molecule has 0 spiro atoms. The molecular weight excluding hydrogens is 228 g/mol. The number of nitrogen functional groups attached to an aromatic ring is 1. The maximum Gasteiger partial charge on any atom is 0.240 e. The summed E-state index contributed by atoms with van der Waals surface area (Å²) in [5.41, 5.74) is 13.2. The second-order valence-corrected chi connectivity index (χ2v) is 4.49. The molecule has 1 atom stereocenters. The highest BCUT2D eigenvalue weighted by atomic mass is 16.1. The van der Waals surface area contributed by atoms with Crippen LogP contribution in [0, 0.1) is 11.3 Å². The molecule has 1 saturated heterocycles. The lowest BCUT2D eigenvalue weighted by atomic mass is 10.00. The van der Waals surface area contributed by atoms with Gasteiger partial charge in [-0.1, -0.05) is 0 Å². The number of anilines is 2. The van der Waals surface area contributed by atoms with E-state index in [1.807, 2.05) is 11.0 Å². The summed E-state index contributed by atoms with van der Waals surface area (Å²) in [6.45, 7) is 0.768. The molecule has 1 fully saturated rings. The molecule has 0 radical (unpaired) electrons. The van der Waals surface area contributed by atoms with Gasteiger partial charge in [0, 0.05) is 6.54 Å². The Bertz CT molecular complexity index is 506. The molecule has 94 valence electrons. The van der Waals surface area contributed by atoms with Crippen molar-refractivity contribution in [2.45, 2.75) is 25.3 Å². The SMILES string of the molecule is N#Cc1ccc(N2CCCCC2C(N)=O)c(N)c1. The molecule has 1 aliphatic rings. The van der Waals surface area contributed by atoms with E-state index in [2.05, 4.69) is 0 Å². The zero-order valence-electron chi connectivity index (χ0n) is 10.1. The molecule has 5 heteroatoms. The minimum Gasteiger partial charge on any atom is -0.397 e. The van der Waals surface area contributed by atoms with Crippen molar-refractivity contribution in [2.24, 2.45) is 5.73 Å². The summed E-state index contributed by atoms with van der Waals surface area (Å²) in [5.74, 6) is -0.321. The molecule has 1 aliphatic heterocycles. The van der Waals surface area contributed by atoms with E-state index in [4.69, 9.17) is 16.7 Å². The normalized spacial score (nSPS) is 19.3. The van der Waals surface area contributed by atoms with E-state index >= 15 is 0 Å². The monoisotopic (exact) mass is 244 g/mol. The number of piperidine rings is 1. The first kappa shape index (κ1) is 12.2. The lowest BCUT2D eigenvalue weighted by molar-refractivity contribution is -0.119. The lowest BCUT2D eigenvalue weighted by Gasteiger charge is -2.36. The Morgan fingerprint density at radius 3 is 2.83 bits per heavy atom. The lowest BCUT2D eigenvalue weighted by Crippen LogP contribution is -2.48. The van der Waals surface area contributed by atoms with E-state index < -0.39 is 0 Å². The van der Waals surface area contributed by atoms with E-state index in [1.54, 1.807) is 18.2 Å². The molecule has 1 unspecified atom stereocenters. The van der Waals surface area contributed by atoms with Crippen molar-refractivity contribution in [3.63, 3.8) is 0 Å². The third kappa shape index (κ3) is 2.23. The number of nitrogens with two attached hydrogens (primary N) is 2. The van der Waals surface area contributed by atoms with Gasteiger partial charge in [0.15, 0.2) is 0 Å². The molecule has 0 bridgehead atoms. The minimum atomic E-state index is -0.321. The van der Waals surface area contributed by atoms with Crippen LogP contribution in [-0.4, -0.2) is 18.5 Å². The molecule has 1 aromatic carbocycles. The van der Waals surface area contributed by atoms with Gasteiger partial charge in [0.2, 0.25) is 5.91 Å². The van der Waals surface area contributed by atoms with Crippen LogP contribution in [0.15, 0.2) is 18.2 Å². The van der Waals surface area contributed by atoms with Gasteiger partial charge in [-0.15, -0.1) is 0 Å². The van der Waals surface area contributed by atoms with Gasteiger partial charge in [-0.3, -0.25) is 4.79 Å². The van der Waals surface area contributed by atoms with Crippen molar-refractivity contribution in [3.05, 3.63) is 23.8 Å². The minimum absolute atomic E-state index is 0.297. The van der Waals surface area contributed by atoms with Gasteiger partial charge in [0.05, 0.1) is 23.0 Å². The van der Waals surface area contributed by atoms with Crippen LogP contribution >= 0.6 is 0 Å². The number of nitriles is 1. The quantitative estimate of drug-likeness (QED) is 0.758. The Balaban J connectivity index is 2.34. The second-order valence-electron chi connectivity index (χ2n) is 4.49. The highest BCUT2D eigenvalue weighted by Gasteiger charge is 2.28. The fourth-order valence-electron chi connectivity index (χ4n) is 2.40. The average molecular weight is 244 g/mol. The third-order valence-electron chi connectivity index (χ3n) is 3.30. The number of carbonyl (C=O) groups excluding carboxylic acids is 1. The van der Waals surface area contributed by atoms with Crippen LogP contribution in [0.3, 0.4) is 0 Å². The van der Waals surface area contributed by atoms with Crippen molar-refractivity contribution in [1.29, 1.82) is 5.26 Å². The first-order valence-electron chi connectivity index (χ1n) is 5.99. The summed E-state index contributed by atoms with van der Waals surface area (Å²) in [6.07, 6.45) is 2.78. The number of nitrogens with zero attached hydrogens (tertiary/aromatic N) is 2. The number of amides is 1. The van der Waals surface area contributed by atoms with Crippen LogP contribution < -0.4 is 16.4 Å². The molecule has 5 nitrogen and oxygen atoms in total. The van der Waals surface area contributed by atoms with Crippen LogP contribution in [0.4, 0.5) is 11.4 Å². The maximum atomic E-state index is 11.5. The van der Waals surface area contributed by atoms with Gasteiger partial charge in [0.1, 0.15) is 6.04 Å². The number of hydrogen-bond donors (Lipinski definition) is 2. The fourth-order valence-corrected chi connectivity index (χ4v) is 2.40. The smallest absolute Gasteiger partial charge is 0.240 e. The van der Waals surface area contributed by atoms with E-state index in [0.717, 1.165) is 31.5 Å². The van der Waals surface area contributed by atoms with Crippen molar-refractivity contribution >= 4 is 17.3 Å². The number of rotatable bonds is 2. The number of benzene rings is 1. The number of hydrogen-bond acceptors (Lipinski definition) is 4. The molecule has 0 aromatic heterocycles. The van der Waals surface area contributed by atoms with E-state index in [9.17, 15) is 4.79 Å². The summed E-state index contributed by atoms with van der Waals surface area (Å²) in [5, 5.41) is 8.81. The van der Waals surface area contributed by atoms with Crippen LogP contribution in [0.5, 0.6) is 0 Å². The van der Waals surface area contributed by atoms with Gasteiger partial charge in [-0.2, -0.15) is 5.26 Å². The van der Waals surface area contributed by atoms with E-state index in [-0.39, 0.29) is 11.9 Å². The van der Waals surface area contributed by atoms with Crippen LogP contribution in [0.1, 0.15) is 24.8 Å². The third-order valence-corrected chi connectivity index (χ3v) is 3.30. The van der Waals surface area contributed by atoms with Gasteiger partial charge in [-0.25, -0.2) is 0 Å². The Morgan fingerprint density at radius 2 is 2.22 bits per heavy atom. The summed E-state index contributed by atoms with van der Waals surface area (Å²) >= 11 is 0. The van der Waals surface area contributed by atoms with Crippen molar-refractivity contribution in [3.8, 4) is 6.07 Å². The van der Waals surface area contributed by atoms with Crippen molar-refractivity contribution < 1.29 is 4.79 Å². The van der Waals surface area contributed by atoms with Gasteiger partial charge >= 0.3 is 0 Å². The predicted molar refractivity (Wildman–Crippen MR) is 69.7 cm³/mol. The van der Waals surface area contributed by atoms with Crippen molar-refractivity contribution in [2.75, 3.05) is 17.2 Å². The van der Waals surface area contributed by atoms with Crippen LogP contribution in [-0.2, 0) is 4.79 Å². The molecule has 2 rings (SSSR count). The second kappa shape index (κ2) is 4.96. The standard InChI is InChI=1S/C13H16N4O/c14-8-9-4-5-11(10(15)7-9)17-6-2-1-3-12(17)13(16)18/h4-5,7,12H,1-3,6,15H2,(H2,16,18). The average Bonchev–Trinajstić information content (AvgIpc) is 2.38. The largest absolute Gasteiger partial charge is 0.397 e. The Labute approximate surface area is 106 Å². The first-order chi connectivity index (χ1) is 8.63. The van der Waals surface area contributed by atoms with Gasteiger partial charge < -0.3 is 16.4 Å². The summed E-state index contributed by atoms with van der Waals surface area (Å²) < 4.78 is 0. The highest BCUT2D eigenvalue weighted by molar-refractivity contribution is 5.85. The molecule has 18 heavy (non-hydrogen) atoms. The first-order valence-corrected chi connectivity index (χ1v) is 5.99. The van der Waals surface area contributed by atoms with Crippen LogP contribution in [0.25, 0.3) is 0 Å². The molecule has 1 aromatic rings. The maximum absolute atomic E-state index is 11.5. The summed E-state index contributed by atoms with van der Waals surface area (Å²) in [6, 6.07) is 6.87. The molecular formula is C13H16N4O. The predicted octanol–water partition coefficient (Wildman–Crippen LogP) is 0.985. The summed E-state index contributed by atoms with van der Waals surface area (Å²) in [4.78, 5) is 13.4. The topological polar surface area (TPSA) is 96.1 Å². The number of primary amides is 1. The van der Waals surface area contributed by atoms with Crippen LogP contribution in [0.2, 0.25) is 0 Å².